The molecule has 0 bridgehead atoms. The van der Waals surface area contributed by atoms with E-state index in [0.29, 0.717) is 22.2 Å². The Labute approximate surface area is 192 Å². The number of methoxy groups -OCH3 is 1. The quantitative estimate of drug-likeness (QED) is 0.375. The van der Waals surface area contributed by atoms with Crippen LogP contribution >= 0.6 is 11.6 Å². The predicted molar refractivity (Wildman–Crippen MR) is 127 cm³/mol. The van der Waals surface area contributed by atoms with Gasteiger partial charge in [-0.25, -0.2) is 5.43 Å². The summed E-state index contributed by atoms with van der Waals surface area (Å²) >= 11 is 6.00. The van der Waals surface area contributed by atoms with Crippen molar-refractivity contribution < 1.29 is 14.3 Å². The van der Waals surface area contributed by atoms with E-state index in [-0.39, 0.29) is 18.2 Å². The molecule has 0 aliphatic carbocycles. The lowest BCUT2D eigenvalue weighted by Gasteiger charge is -2.16. The van der Waals surface area contributed by atoms with Gasteiger partial charge in [-0.15, -0.1) is 0 Å². The molecule has 0 aliphatic rings. The number of hydrogen-bond acceptors (Lipinski definition) is 4. The summed E-state index contributed by atoms with van der Waals surface area (Å²) < 4.78 is 5.23. The number of carbonyl (C=O) groups excluding carboxylic acids is 2. The first-order valence-corrected chi connectivity index (χ1v) is 10.4. The number of halogens is 1. The van der Waals surface area contributed by atoms with Crippen molar-refractivity contribution >= 4 is 34.8 Å². The maximum absolute atomic E-state index is 13.0. The van der Waals surface area contributed by atoms with Crippen LogP contribution in [0.2, 0.25) is 5.02 Å². The van der Waals surface area contributed by atoms with Gasteiger partial charge in [0.15, 0.2) is 0 Å². The van der Waals surface area contributed by atoms with Crippen molar-refractivity contribution in [3.63, 3.8) is 0 Å². The second kappa shape index (κ2) is 11.1. The zero-order valence-electron chi connectivity index (χ0n) is 17.8. The molecule has 0 unspecified atom stereocenters. The second-order valence-electron chi connectivity index (χ2n) is 7.15. The third kappa shape index (κ3) is 6.18. The summed E-state index contributed by atoms with van der Waals surface area (Å²) in [5.74, 6) is -0.597. The van der Waals surface area contributed by atoms with Gasteiger partial charge in [0, 0.05) is 10.7 Å². The Morgan fingerprint density at radius 1 is 0.969 bits per heavy atom. The first kappa shape index (κ1) is 23.0. The Balaban J connectivity index is 1.68. The van der Waals surface area contributed by atoms with Gasteiger partial charge in [0.1, 0.15) is 5.75 Å². The predicted octanol–water partition coefficient (Wildman–Crippen LogP) is 5.00. The van der Waals surface area contributed by atoms with Crippen molar-refractivity contribution in [2.75, 3.05) is 12.4 Å². The molecule has 0 saturated heterocycles. The van der Waals surface area contributed by atoms with Gasteiger partial charge >= 0.3 is 0 Å². The number of ether oxygens (including phenoxy) is 1. The van der Waals surface area contributed by atoms with Crippen LogP contribution in [0.4, 0.5) is 5.69 Å². The molecule has 6 nitrogen and oxygen atoms in total. The maximum Gasteiger partial charge on any atom is 0.252 e. The van der Waals surface area contributed by atoms with E-state index in [1.165, 1.54) is 7.11 Å². The molecule has 0 spiro atoms. The van der Waals surface area contributed by atoms with Crippen LogP contribution in [0.3, 0.4) is 0 Å². The van der Waals surface area contributed by atoms with Gasteiger partial charge in [0.05, 0.1) is 25.1 Å². The molecule has 0 fully saturated rings. The van der Waals surface area contributed by atoms with Crippen molar-refractivity contribution in [3.8, 4) is 5.75 Å². The van der Waals surface area contributed by atoms with E-state index >= 15 is 0 Å². The summed E-state index contributed by atoms with van der Waals surface area (Å²) in [5.41, 5.74) is 5.24. The standard InChI is InChI=1S/C25H24ClN3O3/c1-17(15-23(30)27-21-16-20(26)13-14-22(21)32-2)28-29-25(31)24(18-9-5-3-6-10-18)19-11-7-4-8-12-19/h3-14,16,24H,15H2,1-2H3,(H,27,30)(H,29,31)/b28-17+. The number of rotatable bonds is 8. The van der Waals surface area contributed by atoms with Crippen LogP contribution in [-0.2, 0) is 9.59 Å². The lowest BCUT2D eigenvalue weighted by molar-refractivity contribution is -0.121. The highest BCUT2D eigenvalue weighted by molar-refractivity contribution is 6.31. The van der Waals surface area contributed by atoms with Crippen molar-refractivity contribution in [2.45, 2.75) is 19.3 Å². The van der Waals surface area contributed by atoms with Crippen molar-refractivity contribution in [1.29, 1.82) is 0 Å². The van der Waals surface area contributed by atoms with E-state index in [2.05, 4.69) is 15.8 Å². The molecule has 3 aromatic carbocycles. The molecule has 0 aliphatic heterocycles. The van der Waals surface area contributed by atoms with Gasteiger partial charge in [0.25, 0.3) is 5.91 Å². The molecule has 3 rings (SSSR count). The Morgan fingerprint density at radius 2 is 1.56 bits per heavy atom. The van der Waals surface area contributed by atoms with Gasteiger partial charge in [-0.2, -0.15) is 5.10 Å². The number of anilines is 1. The summed E-state index contributed by atoms with van der Waals surface area (Å²) in [6.45, 7) is 1.68. The van der Waals surface area contributed by atoms with Crippen molar-refractivity contribution in [3.05, 3.63) is 95.0 Å². The lowest BCUT2D eigenvalue weighted by atomic mass is 9.91. The first-order chi connectivity index (χ1) is 15.5. The maximum atomic E-state index is 13.0. The van der Waals surface area contributed by atoms with E-state index in [0.717, 1.165) is 11.1 Å². The topological polar surface area (TPSA) is 79.8 Å². The van der Waals surface area contributed by atoms with Gasteiger partial charge < -0.3 is 10.1 Å². The fourth-order valence-electron chi connectivity index (χ4n) is 3.25. The molecule has 0 atom stereocenters. The summed E-state index contributed by atoms with van der Waals surface area (Å²) in [7, 11) is 1.51. The van der Waals surface area contributed by atoms with Crippen molar-refractivity contribution in [1.82, 2.24) is 5.43 Å². The third-order valence-electron chi connectivity index (χ3n) is 4.74. The molecular formula is C25H24ClN3O3. The number of carbonyl (C=O) groups is 2. The van der Waals surface area contributed by atoms with E-state index in [4.69, 9.17) is 16.3 Å². The molecule has 32 heavy (non-hydrogen) atoms. The number of nitrogens with zero attached hydrogens (tertiary/aromatic N) is 1. The molecule has 0 saturated carbocycles. The molecule has 0 aromatic heterocycles. The summed E-state index contributed by atoms with van der Waals surface area (Å²) in [5, 5.41) is 7.37. The van der Waals surface area contributed by atoms with E-state index in [9.17, 15) is 9.59 Å². The molecule has 7 heteroatoms. The normalized spacial score (nSPS) is 11.2. The Kier molecular flexibility index (Phi) is 8.00. The van der Waals surface area contributed by atoms with Crippen LogP contribution in [0.15, 0.2) is 84.0 Å². The lowest BCUT2D eigenvalue weighted by Crippen LogP contribution is -2.27. The van der Waals surface area contributed by atoms with Crippen LogP contribution in [0, 0.1) is 0 Å². The molecule has 0 heterocycles. The fraction of sp³-hybridized carbons (Fsp3) is 0.160. The summed E-state index contributed by atoms with van der Waals surface area (Å²) in [6.07, 6.45) is -0.00269. The largest absolute Gasteiger partial charge is 0.495 e. The van der Waals surface area contributed by atoms with E-state index < -0.39 is 5.92 Å². The second-order valence-corrected chi connectivity index (χ2v) is 7.58. The van der Waals surface area contributed by atoms with Gasteiger partial charge in [0.2, 0.25) is 5.91 Å². The minimum Gasteiger partial charge on any atom is -0.495 e. The highest BCUT2D eigenvalue weighted by atomic mass is 35.5. The molecular weight excluding hydrogens is 426 g/mol. The van der Waals surface area contributed by atoms with Crippen LogP contribution in [-0.4, -0.2) is 24.6 Å². The molecule has 164 valence electrons. The Bertz CT molecular complexity index is 1060. The van der Waals surface area contributed by atoms with Gasteiger partial charge in [-0.3, -0.25) is 9.59 Å². The van der Waals surface area contributed by atoms with E-state index in [1.807, 2.05) is 60.7 Å². The smallest absolute Gasteiger partial charge is 0.252 e. The molecule has 0 radical (unpaired) electrons. The fourth-order valence-corrected chi connectivity index (χ4v) is 3.42. The average molecular weight is 450 g/mol. The Morgan fingerprint density at radius 3 is 2.12 bits per heavy atom. The number of hydrazone groups is 1. The highest BCUT2D eigenvalue weighted by Crippen LogP contribution is 2.28. The third-order valence-corrected chi connectivity index (χ3v) is 4.97. The van der Waals surface area contributed by atoms with Crippen LogP contribution in [0.25, 0.3) is 0 Å². The number of benzene rings is 3. The zero-order valence-corrected chi connectivity index (χ0v) is 18.6. The van der Waals surface area contributed by atoms with Crippen molar-refractivity contribution in [2.24, 2.45) is 5.10 Å². The molecule has 2 N–H and O–H groups in total. The monoisotopic (exact) mass is 449 g/mol. The SMILES string of the molecule is COc1ccc(Cl)cc1NC(=O)C/C(C)=N/NC(=O)C(c1ccccc1)c1ccccc1. The highest BCUT2D eigenvalue weighted by Gasteiger charge is 2.22. The molecule has 3 aromatic rings. The number of nitrogens with one attached hydrogen (secondary N) is 2. The summed E-state index contributed by atoms with van der Waals surface area (Å²) in [4.78, 5) is 25.4. The summed E-state index contributed by atoms with van der Waals surface area (Å²) in [6, 6.07) is 23.9. The Hall–Kier alpha value is -3.64. The minimum absolute atomic E-state index is 0.00269. The van der Waals surface area contributed by atoms with Gasteiger partial charge in [-0.05, 0) is 36.2 Å². The van der Waals surface area contributed by atoms with Crippen LogP contribution in [0.5, 0.6) is 5.75 Å². The molecule has 2 amide bonds. The number of amides is 2. The zero-order chi connectivity index (χ0) is 22.9. The van der Waals surface area contributed by atoms with Gasteiger partial charge in [-0.1, -0.05) is 72.3 Å². The number of hydrogen-bond donors (Lipinski definition) is 2. The van der Waals surface area contributed by atoms with E-state index in [1.54, 1.807) is 25.1 Å². The van der Waals surface area contributed by atoms with Crippen LogP contribution < -0.4 is 15.5 Å². The average Bonchev–Trinajstić information content (AvgIpc) is 2.79. The first-order valence-electron chi connectivity index (χ1n) is 10.0. The van der Waals surface area contributed by atoms with Crippen LogP contribution in [0.1, 0.15) is 30.4 Å². The minimum atomic E-state index is -0.515.